The molecule has 26 heavy (non-hydrogen) atoms. The number of aromatic nitrogens is 3. The molecule has 0 saturated carbocycles. The van der Waals surface area contributed by atoms with Gasteiger partial charge in [0.1, 0.15) is 11.5 Å². The van der Waals surface area contributed by atoms with Gasteiger partial charge in [0.2, 0.25) is 0 Å². The maximum atomic E-state index is 12.6. The Bertz CT molecular complexity index is 907. The van der Waals surface area contributed by atoms with Crippen molar-refractivity contribution in [2.45, 2.75) is 39.7 Å². The van der Waals surface area contributed by atoms with E-state index < -0.39 is 0 Å². The van der Waals surface area contributed by atoms with E-state index >= 15 is 0 Å². The molecule has 1 aromatic carbocycles. The molecule has 3 rings (SSSR count). The number of nitrogens with one attached hydrogen (secondary N) is 1. The number of amides is 1. The van der Waals surface area contributed by atoms with E-state index in [1.807, 2.05) is 60.1 Å². The topological polar surface area (TPSA) is 59.8 Å². The lowest BCUT2D eigenvalue weighted by atomic mass is 9.92. The van der Waals surface area contributed by atoms with Crippen molar-refractivity contribution in [3.05, 3.63) is 77.2 Å². The molecular formula is C21H24N4O. The van der Waals surface area contributed by atoms with Gasteiger partial charge in [-0.2, -0.15) is 5.10 Å². The van der Waals surface area contributed by atoms with Crippen LogP contribution < -0.4 is 5.32 Å². The molecule has 0 aliphatic carbocycles. The molecule has 1 amide bonds. The molecule has 0 saturated heterocycles. The summed E-state index contributed by atoms with van der Waals surface area (Å²) < 4.78 is 1.84. The summed E-state index contributed by atoms with van der Waals surface area (Å²) in [5, 5.41) is 7.69. The lowest BCUT2D eigenvalue weighted by Crippen LogP contribution is -2.17. The normalized spacial score (nSPS) is 11.4. The highest BCUT2D eigenvalue weighted by Crippen LogP contribution is 2.25. The van der Waals surface area contributed by atoms with Gasteiger partial charge in [-0.15, -0.1) is 0 Å². The standard InChI is InChI=1S/C21H24N4O/c1-15-9-8-12-17(22-15)20(26)23-19-13-18(21(2,3)4)24-25(19)14-16-10-6-5-7-11-16/h5-13H,14H2,1-4H3,(H,23,26). The fourth-order valence-corrected chi connectivity index (χ4v) is 2.61. The minimum Gasteiger partial charge on any atom is -0.305 e. The highest BCUT2D eigenvalue weighted by atomic mass is 16.2. The number of pyridine rings is 1. The number of nitrogens with zero attached hydrogens (tertiary/aromatic N) is 3. The second-order valence-corrected chi connectivity index (χ2v) is 7.43. The summed E-state index contributed by atoms with van der Waals surface area (Å²) >= 11 is 0. The van der Waals surface area contributed by atoms with E-state index in [9.17, 15) is 4.79 Å². The van der Waals surface area contributed by atoms with Gasteiger partial charge in [-0.05, 0) is 24.6 Å². The van der Waals surface area contributed by atoms with Crippen molar-refractivity contribution in [3.63, 3.8) is 0 Å². The first-order valence-electron chi connectivity index (χ1n) is 8.70. The molecule has 5 heteroatoms. The van der Waals surface area contributed by atoms with E-state index in [2.05, 4.69) is 31.1 Å². The minimum absolute atomic E-state index is 0.108. The molecule has 0 atom stereocenters. The number of benzene rings is 1. The van der Waals surface area contributed by atoms with Crippen LogP contribution in [0.2, 0.25) is 0 Å². The van der Waals surface area contributed by atoms with Crippen LogP contribution in [0.3, 0.4) is 0 Å². The van der Waals surface area contributed by atoms with Gasteiger partial charge in [0, 0.05) is 17.2 Å². The number of hydrogen-bond acceptors (Lipinski definition) is 3. The van der Waals surface area contributed by atoms with Gasteiger partial charge < -0.3 is 5.32 Å². The molecule has 2 aromatic heterocycles. The van der Waals surface area contributed by atoms with E-state index in [1.165, 1.54) is 0 Å². The number of anilines is 1. The zero-order chi connectivity index (χ0) is 18.7. The van der Waals surface area contributed by atoms with E-state index in [0.717, 1.165) is 17.0 Å². The molecule has 2 heterocycles. The Hall–Kier alpha value is -2.95. The Labute approximate surface area is 154 Å². The van der Waals surface area contributed by atoms with Gasteiger partial charge in [0.15, 0.2) is 0 Å². The largest absolute Gasteiger partial charge is 0.305 e. The summed E-state index contributed by atoms with van der Waals surface area (Å²) in [6.45, 7) is 8.78. The Morgan fingerprint density at radius 3 is 2.46 bits per heavy atom. The van der Waals surface area contributed by atoms with Crippen molar-refractivity contribution in [3.8, 4) is 0 Å². The highest BCUT2D eigenvalue weighted by molar-refractivity contribution is 6.02. The van der Waals surface area contributed by atoms with Crippen molar-refractivity contribution in [1.82, 2.24) is 14.8 Å². The Balaban J connectivity index is 1.91. The fraction of sp³-hybridized carbons (Fsp3) is 0.286. The number of rotatable bonds is 4. The van der Waals surface area contributed by atoms with Gasteiger partial charge in [-0.1, -0.05) is 57.2 Å². The average Bonchev–Trinajstić information content (AvgIpc) is 2.99. The zero-order valence-corrected chi connectivity index (χ0v) is 15.7. The number of hydrogen-bond donors (Lipinski definition) is 1. The van der Waals surface area contributed by atoms with Crippen LogP contribution in [0, 0.1) is 6.92 Å². The number of carbonyl (C=O) groups excluding carboxylic acids is 1. The van der Waals surface area contributed by atoms with Crippen LogP contribution in [0.1, 0.15) is 48.2 Å². The molecule has 1 N–H and O–H groups in total. The van der Waals surface area contributed by atoms with E-state index in [-0.39, 0.29) is 11.3 Å². The van der Waals surface area contributed by atoms with Crippen LogP contribution in [0.5, 0.6) is 0 Å². The van der Waals surface area contributed by atoms with Crippen LogP contribution >= 0.6 is 0 Å². The van der Waals surface area contributed by atoms with Crippen molar-refractivity contribution < 1.29 is 4.79 Å². The summed E-state index contributed by atoms with van der Waals surface area (Å²) in [5.41, 5.74) is 3.16. The maximum Gasteiger partial charge on any atom is 0.275 e. The van der Waals surface area contributed by atoms with Gasteiger partial charge >= 0.3 is 0 Å². The third-order valence-electron chi connectivity index (χ3n) is 4.09. The Morgan fingerprint density at radius 1 is 1.08 bits per heavy atom. The molecule has 0 unspecified atom stereocenters. The third kappa shape index (κ3) is 4.17. The number of carbonyl (C=O) groups is 1. The first-order chi connectivity index (χ1) is 12.3. The van der Waals surface area contributed by atoms with Crippen LogP contribution in [-0.2, 0) is 12.0 Å². The second-order valence-electron chi connectivity index (χ2n) is 7.43. The van der Waals surface area contributed by atoms with Crippen LogP contribution in [0.15, 0.2) is 54.6 Å². The van der Waals surface area contributed by atoms with Crippen LogP contribution in [0.4, 0.5) is 5.82 Å². The maximum absolute atomic E-state index is 12.6. The smallest absolute Gasteiger partial charge is 0.275 e. The molecule has 0 aliphatic rings. The predicted molar refractivity (Wildman–Crippen MR) is 103 cm³/mol. The monoisotopic (exact) mass is 348 g/mol. The van der Waals surface area contributed by atoms with Crippen LogP contribution in [0.25, 0.3) is 0 Å². The summed E-state index contributed by atoms with van der Waals surface area (Å²) in [7, 11) is 0. The summed E-state index contributed by atoms with van der Waals surface area (Å²) in [5.74, 6) is 0.440. The van der Waals surface area contributed by atoms with Gasteiger partial charge in [0.05, 0.1) is 12.2 Å². The molecule has 0 radical (unpaired) electrons. The average molecular weight is 348 g/mol. The van der Waals surface area contributed by atoms with Crippen LogP contribution in [-0.4, -0.2) is 20.7 Å². The highest BCUT2D eigenvalue weighted by Gasteiger charge is 2.21. The van der Waals surface area contributed by atoms with Crippen molar-refractivity contribution >= 4 is 11.7 Å². The molecule has 3 aromatic rings. The molecule has 0 aliphatic heterocycles. The third-order valence-corrected chi connectivity index (χ3v) is 4.09. The SMILES string of the molecule is Cc1cccc(C(=O)Nc2cc(C(C)(C)C)nn2Cc2ccccc2)n1. The van der Waals surface area contributed by atoms with Crippen molar-refractivity contribution in [2.75, 3.05) is 5.32 Å². The van der Waals surface area contributed by atoms with Crippen molar-refractivity contribution in [1.29, 1.82) is 0 Å². The van der Waals surface area contributed by atoms with E-state index in [0.29, 0.717) is 18.1 Å². The van der Waals surface area contributed by atoms with E-state index in [1.54, 1.807) is 6.07 Å². The van der Waals surface area contributed by atoms with E-state index in [4.69, 9.17) is 5.10 Å². The molecule has 5 nitrogen and oxygen atoms in total. The van der Waals surface area contributed by atoms with Gasteiger partial charge in [-0.3, -0.25) is 4.79 Å². The van der Waals surface area contributed by atoms with Gasteiger partial charge in [0.25, 0.3) is 5.91 Å². The molecular weight excluding hydrogens is 324 g/mol. The Morgan fingerprint density at radius 2 is 1.81 bits per heavy atom. The lowest BCUT2D eigenvalue weighted by Gasteiger charge is -2.14. The zero-order valence-electron chi connectivity index (χ0n) is 15.7. The Kier molecular flexibility index (Phi) is 4.89. The predicted octanol–water partition coefficient (Wildman–Crippen LogP) is 4.18. The molecule has 0 bridgehead atoms. The number of aryl methyl sites for hydroxylation is 1. The van der Waals surface area contributed by atoms with Gasteiger partial charge in [-0.25, -0.2) is 9.67 Å². The molecule has 0 fully saturated rings. The first-order valence-corrected chi connectivity index (χ1v) is 8.70. The van der Waals surface area contributed by atoms with Crippen molar-refractivity contribution in [2.24, 2.45) is 0 Å². The lowest BCUT2D eigenvalue weighted by molar-refractivity contribution is 0.102. The molecule has 134 valence electrons. The quantitative estimate of drug-likeness (QED) is 0.769. The summed E-state index contributed by atoms with van der Waals surface area (Å²) in [6.07, 6.45) is 0. The summed E-state index contributed by atoms with van der Waals surface area (Å²) in [6, 6.07) is 17.4. The second kappa shape index (κ2) is 7.12. The fourth-order valence-electron chi connectivity index (χ4n) is 2.61. The minimum atomic E-state index is -0.233. The summed E-state index contributed by atoms with van der Waals surface area (Å²) in [4.78, 5) is 16.9. The molecule has 0 spiro atoms. The first kappa shape index (κ1) is 17.9.